The minimum absolute atomic E-state index is 0.0956. The van der Waals surface area contributed by atoms with Crippen LogP contribution in [0.1, 0.15) is 5.82 Å². The van der Waals surface area contributed by atoms with E-state index in [0.717, 1.165) is 6.39 Å². The van der Waals surface area contributed by atoms with E-state index < -0.39 is 10.0 Å². The summed E-state index contributed by atoms with van der Waals surface area (Å²) < 4.78 is 31.2. The minimum Gasteiger partial charge on any atom is -0.343 e. The first-order valence-corrected chi connectivity index (χ1v) is 7.20. The molecule has 0 saturated heterocycles. The van der Waals surface area contributed by atoms with Crippen molar-refractivity contribution in [3.63, 3.8) is 0 Å². The highest BCUT2D eigenvalue weighted by atomic mass is 79.9. The molecule has 0 aliphatic carbocycles. The van der Waals surface area contributed by atoms with Gasteiger partial charge in [-0.1, -0.05) is 16.8 Å². The lowest BCUT2D eigenvalue weighted by Crippen LogP contribution is -2.24. The predicted octanol–water partition coefficient (Wildman–Crippen LogP) is 1.36. The monoisotopic (exact) mass is 352 g/mol. The van der Waals surface area contributed by atoms with Crippen LogP contribution in [-0.2, 0) is 16.6 Å². The van der Waals surface area contributed by atoms with Gasteiger partial charge >= 0.3 is 0 Å². The van der Waals surface area contributed by atoms with Gasteiger partial charge in [-0.2, -0.15) is 4.98 Å². The fraction of sp³-hybridized carbons (Fsp3) is 0.125. The largest absolute Gasteiger partial charge is 0.343 e. The molecule has 18 heavy (non-hydrogen) atoms. The number of rotatable bonds is 4. The van der Waals surface area contributed by atoms with Crippen molar-refractivity contribution in [3.8, 4) is 0 Å². The number of nitrogens with zero attached hydrogens (tertiary/aromatic N) is 3. The zero-order chi connectivity index (χ0) is 13.2. The van der Waals surface area contributed by atoms with Crippen LogP contribution >= 0.6 is 27.5 Å². The molecule has 0 atom stereocenters. The molecule has 0 aliphatic rings. The highest BCUT2D eigenvalue weighted by molar-refractivity contribution is 9.10. The Morgan fingerprint density at radius 2 is 2.22 bits per heavy atom. The summed E-state index contributed by atoms with van der Waals surface area (Å²) >= 11 is 8.87. The smallest absolute Gasteiger partial charge is 0.244 e. The molecule has 0 amide bonds. The van der Waals surface area contributed by atoms with Crippen molar-refractivity contribution in [2.45, 2.75) is 11.4 Å². The van der Waals surface area contributed by atoms with Crippen LogP contribution in [-0.4, -0.2) is 23.5 Å². The first kappa shape index (κ1) is 13.4. The molecule has 0 aromatic carbocycles. The first-order chi connectivity index (χ1) is 8.49. The Morgan fingerprint density at radius 3 is 2.89 bits per heavy atom. The standard InChI is InChI=1S/C8H6BrClN4O3S/c9-5-1-6(8(10)11-2-5)18(15,16)13-3-7-12-4-17-14-7/h1-2,4,13H,3H2. The van der Waals surface area contributed by atoms with Crippen molar-refractivity contribution < 1.29 is 12.9 Å². The summed E-state index contributed by atoms with van der Waals surface area (Å²) in [5, 5.41) is 3.37. The molecule has 0 bridgehead atoms. The number of pyridine rings is 1. The molecule has 0 spiro atoms. The van der Waals surface area contributed by atoms with E-state index in [1.54, 1.807) is 0 Å². The van der Waals surface area contributed by atoms with Crippen molar-refractivity contribution in [1.82, 2.24) is 19.8 Å². The van der Waals surface area contributed by atoms with Crippen LogP contribution in [0.2, 0.25) is 5.15 Å². The van der Waals surface area contributed by atoms with E-state index >= 15 is 0 Å². The van der Waals surface area contributed by atoms with Gasteiger partial charge in [-0.05, 0) is 22.0 Å². The van der Waals surface area contributed by atoms with Crippen molar-refractivity contribution in [1.29, 1.82) is 0 Å². The molecule has 2 aromatic heterocycles. The first-order valence-electron chi connectivity index (χ1n) is 4.55. The second kappa shape index (κ2) is 5.31. The molecule has 96 valence electrons. The summed E-state index contributed by atoms with van der Waals surface area (Å²) in [6.07, 6.45) is 2.51. The van der Waals surface area contributed by atoms with E-state index in [9.17, 15) is 8.42 Å². The van der Waals surface area contributed by atoms with Crippen molar-refractivity contribution in [2.24, 2.45) is 0 Å². The quantitative estimate of drug-likeness (QED) is 0.833. The highest BCUT2D eigenvalue weighted by Crippen LogP contribution is 2.22. The molecule has 0 fully saturated rings. The lowest BCUT2D eigenvalue weighted by Gasteiger charge is -2.06. The van der Waals surface area contributed by atoms with Crippen molar-refractivity contribution in [3.05, 3.63) is 34.1 Å². The lowest BCUT2D eigenvalue weighted by molar-refractivity contribution is 0.409. The fourth-order valence-electron chi connectivity index (χ4n) is 1.10. The van der Waals surface area contributed by atoms with Gasteiger partial charge in [-0.3, -0.25) is 0 Å². The van der Waals surface area contributed by atoms with Crippen LogP contribution in [0.15, 0.2) is 32.5 Å². The third-order valence-electron chi connectivity index (χ3n) is 1.89. The van der Waals surface area contributed by atoms with E-state index in [1.807, 2.05) is 0 Å². The van der Waals surface area contributed by atoms with Crippen LogP contribution in [0, 0.1) is 0 Å². The van der Waals surface area contributed by atoms with Crippen molar-refractivity contribution in [2.75, 3.05) is 0 Å². The molecule has 0 aliphatic heterocycles. The van der Waals surface area contributed by atoms with Gasteiger partial charge in [0.25, 0.3) is 0 Å². The van der Waals surface area contributed by atoms with Gasteiger partial charge in [0.15, 0.2) is 5.82 Å². The summed E-state index contributed by atoms with van der Waals surface area (Å²) in [4.78, 5) is 7.31. The number of nitrogens with one attached hydrogen (secondary N) is 1. The summed E-state index contributed by atoms with van der Waals surface area (Å²) in [5.41, 5.74) is 0. The Balaban J connectivity index is 2.22. The molecule has 10 heteroatoms. The molecule has 2 heterocycles. The Bertz CT molecular complexity index is 646. The maximum absolute atomic E-state index is 12.0. The number of hydrogen-bond acceptors (Lipinski definition) is 6. The maximum Gasteiger partial charge on any atom is 0.244 e. The fourth-order valence-corrected chi connectivity index (χ4v) is 3.02. The summed E-state index contributed by atoms with van der Waals surface area (Å²) in [7, 11) is -3.79. The van der Waals surface area contributed by atoms with E-state index in [1.165, 1.54) is 12.3 Å². The summed E-state index contributed by atoms with van der Waals surface area (Å²) in [5.74, 6) is 0.220. The Labute approximate surface area is 116 Å². The molecule has 7 nitrogen and oxygen atoms in total. The van der Waals surface area contributed by atoms with Gasteiger partial charge in [-0.15, -0.1) is 0 Å². The normalized spacial score (nSPS) is 11.7. The zero-order valence-corrected chi connectivity index (χ0v) is 11.8. The zero-order valence-electron chi connectivity index (χ0n) is 8.67. The summed E-state index contributed by atoms with van der Waals surface area (Å²) in [6.45, 7) is -0.0956. The number of aromatic nitrogens is 3. The van der Waals surface area contributed by atoms with Gasteiger partial charge in [0, 0.05) is 10.7 Å². The van der Waals surface area contributed by atoms with E-state index in [-0.39, 0.29) is 22.4 Å². The Morgan fingerprint density at radius 1 is 1.44 bits per heavy atom. The third kappa shape index (κ3) is 3.05. The topological polar surface area (TPSA) is 98.0 Å². The average molecular weight is 354 g/mol. The van der Waals surface area contributed by atoms with Crippen LogP contribution in [0.3, 0.4) is 0 Å². The van der Waals surface area contributed by atoms with Gasteiger partial charge in [0.05, 0.1) is 6.54 Å². The second-order valence-corrected chi connectivity index (χ2v) is 6.12. The van der Waals surface area contributed by atoms with Gasteiger partial charge in [0.2, 0.25) is 16.4 Å². The highest BCUT2D eigenvalue weighted by Gasteiger charge is 2.19. The van der Waals surface area contributed by atoms with Crippen LogP contribution in [0.25, 0.3) is 0 Å². The Kier molecular flexibility index (Phi) is 3.95. The molecule has 2 aromatic rings. The molecule has 2 rings (SSSR count). The van der Waals surface area contributed by atoms with Gasteiger partial charge < -0.3 is 4.52 Å². The number of hydrogen-bond donors (Lipinski definition) is 1. The summed E-state index contributed by atoms with van der Waals surface area (Å²) in [6, 6.07) is 1.36. The van der Waals surface area contributed by atoms with E-state index in [2.05, 4.69) is 40.3 Å². The molecule has 0 saturated carbocycles. The second-order valence-electron chi connectivity index (χ2n) is 3.11. The van der Waals surface area contributed by atoms with Crippen LogP contribution in [0.4, 0.5) is 0 Å². The maximum atomic E-state index is 12.0. The van der Waals surface area contributed by atoms with Crippen LogP contribution in [0.5, 0.6) is 0 Å². The Hall–Kier alpha value is -1.03. The van der Waals surface area contributed by atoms with Gasteiger partial charge in [0.1, 0.15) is 10.0 Å². The number of sulfonamides is 1. The minimum atomic E-state index is -3.79. The van der Waals surface area contributed by atoms with E-state index in [4.69, 9.17) is 11.6 Å². The lowest BCUT2D eigenvalue weighted by atomic mass is 10.5. The molecular weight excluding hydrogens is 348 g/mol. The van der Waals surface area contributed by atoms with E-state index in [0.29, 0.717) is 4.47 Å². The molecule has 0 radical (unpaired) electrons. The molecule has 1 N–H and O–H groups in total. The van der Waals surface area contributed by atoms with Crippen LogP contribution < -0.4 is 4.72 Å². The van der Waals surface area contributed by atoms with Gasteiger partial charge in [-0.25, -0.2) is 18.1 Å². The molecular formula is C8H6BrClN4O3S. The van der Waals surface area contributed by atoms with Crippen molar-refractivity contribution >= 4 is 37.6 Å². The molecule has 0 unspecified atom stereocenters. The number of halogens is 2. The predicted molar refractivity (Wildman–Crippen MR) is 65.3 cm³/mol. The third-order valence-corrected chi connectivity index (χ3v) is 4.15. The average Bonchev–Trinajstić information content (AvgIpc) is 2.83. The SMILES string of the molecule is O=S(=O)(NCc1ncon1)c1cc(Br)cnc1Cl.